The van der Waals surface area contributed by atoms with Crippen molar-refractivity contribution in [2.45, 2.75) is 12.7 Å². The number of fused-ring (bicyclic) bond motifs is 1. The van der Waals surface area contributed by atoms with Crippen LogP contribution in [-0.4, -0.2) is 19.7 Å². The van der Waals surface area contributed by atoms with E-state index in [2.05, 4.69) is 19.6 Å². The number of halogens is 4. The Bertz CT molecular complexity index is 1090. The SMILES string of the molecule is FC(F)(F)c1nc(-c2ccc(Cn3cnc4ccccc43)c(Cl)c2)no1. The first-order valence-electron chi connectivity index (χ1n) is 7.51. The smallest absolute Gasteiger partial charge is 0.329 e. The third kappa shape index (κ3) is 3.03. The molecule has 0 spiro atoms. The fourth-order valence-electron chi connectivity index (χ4n) is 2.59. The lowest BCUT2D eigenvalue weighted by Crippen LogP contribution is -2.04. The third-order valence-electron chi connectivity index (χ3n) is 3.85. The van der Waals surface area contributed by atoms with Crippen molar-refractivity contribution in [3.05, 3.63) is 65.3 Å². The Kier molecular flexibility index (Phi) is 3.91. The van der Waals surface area contributed by atoms with Crippen LogP contribution in [0.15, 0.2) is 53.3 Å². The molecular weight excluding hydrogens is 369 g/mol. The normalized spacial score (nSPS) is 12.0. The highest BCUT2D eigenvalue weighted by atomic mass is 35.5. The molecule has 4 aromatic rings. The van der Waals surface area contributed by atoms with Crippen LogP contribution in [0.3, 0.4) is 0 Å². The summed E-state index contributed by atoms with van der Waals surface area (Å²) < 4.78 is 43.9. The van der Waals surface area contributed by atoms with E-state index in [1.807, 2.05) is 28.8 Å². The van der Waals surface area contributed by atoms with Gasteiger partial charge in [0.05, 0.1) is 23.9 Å². The number of hydrogen-bond donors (Lipinski definition) is 0. The maximum absolute atomic E-state index is 12.6. The molecule has 132 valence electrons. The average molecular weight is 379 g/mol. The number of imidazole rings is 1. The molecule has 0 aliphatic heterocycles. The number of para-hydroxylation sites is 2. The summed E-state index contributed by atoms with van der Waals surface area (Å²) in [6.45, 7) is 0.472. The van der Waals surface area contributed by atoms with Crippen molar-refractivity contribution >= 4 is 22.6 Å². The van der Waals surface area contributed by atoms with E-state index in [0.717, 1.165) is 16.6 Å². The van der Waals surface area contributed by atoms with Gasteiger partial charge in [-0.25, -0.2) is 4.98 Å². The topological polar surface area (TPSA) is 56.7 Å². The largest absolute Gasteiger partial charge is 0.471 e. The second kappa shape index (κ2) is 6.14. The Morgan fingerprint density at radius 3 is 2.65 bits per heavy atom. The zero-order chi connectivity index (χ0) is 18.3. The quantitative estimate of drug-likeness (QED) is 0.513. The number of rotatable bonds is 3. The van der Waals surface area contributed by atoms with Crippen LogP contribution in [0.2, 0.25) is 5.02 Å². The van der Waals surface area contributed by atoms with Crippen molar-refractivity contribution in [3.8, 4) is 11.4 Å². The molecule has 2 aromatic heterocycles. The summed E-state index contributed by atoms with van der Waals surface area (Å²) in [5.74, 6) is -1.56. The second-order valence-electron chi connectivity index (χ2n) is 5.59. The van der Waals surface area contributed by atoms with Gasteiger partial charge < -0.3 is 9.09 Å². The number of hydrogen-bond acceptors (Lipinski definition) is 4. The molecule has 0 saturated carbocycles. The standard InChI is InChI=1S/C17H10ClF3N4O/c18-12-7-10(15-23-16(26-24-15)17(19,20)21)5-6-11(12)8-25-9-22-13-3-1-2-4-14(13)25/h1-7,9H,8H2. The van der Waals surface area contributed by atoms with Gasteiger partial charge in [0.2, 0.25) is 5.82 Å². The van der Waals surface area contributed by atoms with Gasteiger partial charge in [-0.15, -0.1) is 0 Å². The number of alkyl halides is 3. The molecule has 4 rings (SSSR count). The predicted octanol–water partition coefficient (Wildman–Crippen LogP) is 4.81. The summed E-state index contributed by atoms with van der Waals surface area (Å²) in [5.41, 5.74) is 2.96. The Morgan fingerprint density at radius 1 is 1.12 bits per heavy atom. The van der Waals surface area contributed by atoms with Gasteiger partial charge in [-0.1, -0.05) is 41.0 Å². The lowest BCUT2D eigenvalue weighted by Gasteiger charge is -2.08. The van der Waals surface area contributed by atoms with Gasteiger partial charge in [-0.3, -0.25) is 0 Å². The molecule has 0 saturated heterocycles. The molecule has 0 bridgehead atoms. The van der Waals surface area contributed by atoms with Crippen LogP contribution in [0.1, 0.15) is 11.5 Å². The molecule has 2 aromatic carbocycles. The van der Waals surface area contributed by atoms with E-state index in [-0.39, 0.29) is 5.82 Å². The van der Waals surface area contributed by atoms with E-state index in [4.69, 9.17) is 11.6 Å². The van der Waals surface area contributed by atoms with E-state index in [9.17, 15) is 13.2 Å². The molecule has 26 heavy (non-hydrogen) atoms. The lowest BCUT2D eigenvalue weighted by atomic mass is 10.1. The average Bonchev–Trinajstić information content (AvgIpc) is 3.24. The van der Waals surface area contributed by atoms with Gasteiger partial charge >= 0.3 is 12.1 Å². The van der Waals surface area contributed by atoms with Crippen LogP contribution < -0.4 is 0 Å². The first-order valence-corrected chi connectivity index (χ1v) is 7.89. The van der Waals surface area contributed by atoms with E-state index < -0.39 is 12.1 Å². The Balaban J connectivity index is 1.63. The van der Waals surface area contributed by atoms with Gasteiger partial charge in [0.1, 0.15) is 0 Å². The third-order valence-corrected chi connectivity index (χ3v) is 4.20. The van der Waals surface area contributed by atoms with Crippen LogP contribution in [0.5, 0.6) is 0 Å². The fraction of sp³-hybridized carbons (Fsp3) is 0.118. The van der Waals surface area contributed by atoms with Crippen molar-refractivity contribution in [1.29, 1.82) is 0 Å². The highest BCUT2D eigenvalue weighted by Crippen LogP contribution is 2.31. The molecule has 5 nitrogen and oxygen atoms in total. The van der Waals surface area contributed by atoms with Crippen LogP contribution in [-0.2, 0) is 12.7 Å². The molecule has 9 heteroatoms. The van der Waals surface area contributed by atoms with E-state index in [1.165, 1.54) is 6.07 Å². The highest BCUT2D eigenvalue weighted by Gasteiger charge is 2.38. The van der Waals surface area contributed by atoms with Crippen molar-refractivity contribution in [1.82, 2.24) is 19.7 Å². The van der Waals surface area contributed by atoms with Crippen molar-refractivity contribution in [2.24, 2.45) is 0 Å². The molecule has 0 amide bonds. The minimum absolute atomic E-state index is 0.168. The minimum atomic E-state index is -4.68. The summed E-state index contributed by atoms with van der Waals surface area (Å²) >= 11 is 6.30. The maximum atomic E-state index is 12.6. The Labute approximate surface area is 150 Å². The molecular formula is C17H10ClF3N4O. The fourth-order valence-corrected chi connectivity index (χ4v) is 2.83. The summed E-state index contributed by atoms with van der Waals surface area (Å²) in [5, 5.41) is 3.75. The number of nitrogens with zero attached hydrogens (tertiary/aromatic N) is 4. The van der Waals surface area contributed by atoms with Crippen LogP contribution in [0.4, 0.5) is 13.2 Å². The van der Waals surface area contributed by atoms with E-state index in [1.54, 1.807) is 18.5 Å². The van der Waals surface area contributed by atoms with Gasteiger partial charge in [0, 0.05) is 10.6 Å². The van der Waals surface area contributed by atoms with Crippen molar-refractivity contribution in [3.63, 3.8) is 0 Å². The van der Waals surface area contributed by atoms with Crippen LogP contribution >= 0.6 is 11.6 Å². The number of aromatic nitrogens is 4. The highest BCUT2D eigenvalue weighted by molar-refractivity contribution is 6.31. The van der Waals surface area contributed by atoms with Crippen LogP contribution in [0.25, 0.3) is 22.4 Å². The predicted molar refractivity (Wildman–Crippen MR) is 88.6 cm³/mol. The zero-order valence-electron chi connectivity index (χ0n) is 13.0. The first kappa shape index (κ1) is 16.6. The zero-order valence-corrected chi connectivity index (χ0v) is 13.8. The molecule has 0 radical (unpaired) electrons. The molecule has 0 aliphatic carbocycles. The second-order valence-corrected chi connectivity index (χ2v) is 6.00. The molecule has 0 fully saturated rings. The van der Waals surface area contributed by atoms with Gasteiger partial charge in [-0.2, -0.15) is 18.2 Å². The Morgan fingerprint density at radius 2 is 1.92 bits per heavy atom. The van der Waals surface area contributed by atoms with E-state index in [0.29, 0.717) is 17.1 Å². The summed E-state index contributed by atoms with van der Waals surface area (Å²) in [6.07, 6.45) is -2.97. The van der Waals surface area contributed by atoms with Gasteiger partial charge in [-0.05, 0) is 23.8 Å². The molecule has 0 aliphatic rings. The summed E-state index contributed by atoms with van der Waals surface area (Å²) in [7, 11) is 0. The molecule has 0 N–H and O–H groups in total. The van der Waals surface area contributed by atoms with E-state index >= 15 is 0 Å². The van der Waals surface area contributed by atoms with Gasteiger partial charge in [0.25, 0.3) is 0 Å². The Hall–Kier alpha value is -2.87. The lowest BCUT2D eigenvalue weighted by molar-refractivity contribution is -0.159. The monoisotopic (exact) mass is 378 g/mol. The van der Waals surface area contributed by atoms with Crippen molar-refractivity contribution < 1.29 is 17.7 Å². The molecule has 2 heterocycles. The van der Waals surface area contributed by atoms with Gasteiger partial charge in [0.15, 0.2) is 0 Å². The number of benzene rings is 2. The first-order chi connectivity index (χ1) is 12.4. The molecule has 0 atom stereocenters. The van der Waals surface area contributed by atoms with Crippen molar-refractivity contribution in [2.75, 3.05) is 0 Å². The summed E-state index contributed by atoms with van der Waals surface area (Å²) in [4.78, 5) is 7.68. The molecule has 0 unspecified atom stereocenters. The maximum Gasteiger partial charge on any atom is 0.471 e. The minimum Gasteiger partial charge on any atom is -0.329 e. The summed E-state index contributed by atoms with van der Waals surface area (Å²) in [6, 6.07) is 12.5. The van der Waals surface area contributed by atoms with Crippen LogP contribution in [0, 0.1) is 0 Å².